The second-order valence-electron chi connectivity index (χ2n) is 5.94. The van der Waals surface area contributed by atoms with Crippen LogP contribution < -0.4 is 10.6 Å². The molecule has 0 saturated heterocycles. The minimum atomic E-state index is -4.01. The zero-order chi connectivity index (χ0) is 19.1. The molecule has 7 nitrogen and oxygen atoms in total. The molecule has 3 N–H and O–H groups in total. The largest absolute Gasteiger partial charge is 0.354 e. The number of hydrogen-bond acceptors (Lipinski definition) is 4. The molecule has 0 unspecified atom stereocenters. The number of hydrogen-bond donors (Lipinski definition) is 3. The summed E-state index contributed by atoms with van der Waals surface area (Å²) in [4.78, 5) is 23.5. The Labute approximate surface area is 147 Å². The van der Waals surface area contributed by atoms with Gasteiger partial charge in [-0.1, -0.05) is 45.4 Å². The second-order valence-corrected chi connectivity index (χ2v) is 7.52. The van der Waals surface area contributed by atoms with Gasteiger partial charge in [-0.05, 0) is 19.8 Å². The lowest BCUT2D eigenvalue weighted by Gasteiger charge is -2.14. The van der Waals surface area contributed by atoms with E-state index < -0.39 is 21.9 Å². The van der Waals surface area contributed by atoms with E-state index in [9.17, 15) is 18.0 Å². The first-order valence-electron chi connectivity index (χ1n) is 9.28. The SMILES string of the molecule is [2H]CCCCCCCCCC(=O)N[C@@H](C)C(=O)NCCCS(=O)(=O)O. The number of nitrogens with one attached hydrogen (secondary N) is 2. The van der Waals surface area contributed by atoms with Crippen LogP contribution in [0.3, 0.4) is 0 Å². The van der Waals surface area contributed by atoms with Crippen molar-refractivity contribution in [2.24, 2.45) is 0 Å². The van der Waals surface area contributed by atoms with Gasteiger partial charge in [0.1, 0.15) is 6.04 Å². The lowest BCUT2D eigenvalue weighted by Crippen LogP contribution is -2.45. The van der Waals surface area contributed by atoms with Crippen molar-refractivity contribution < 1.29 is 23.9 Å². The summed E-state index contributed by atoms with van der Waals surface area (Å²) in [6.45, 7) is 2.19. The van der Waals surface area contributed by atoms with Gasteiger partial charge in [-0.3, -0.25) is 14.1 Å². The molecule has 0 aliphatic rings. The molecule has 0 aromatic heterocycles. The highest BCUT2D eigenvalue weighted by Gasteiger charge is 2.15. The molecule has 0 radical (unpaired) electrons. The molecule has 0 aromatic carbocycles. The summed E-state index contributed by atoms with van der Waals surface area (Å²) in [5.41, 5.74) is 0. The molecular formula is C16H32N2O5S. The fraction of sp³-hybridized carbons (Fsp3) is 0.875. The second kappa shape index (κ2) is 13.2. The zero-order valence-corrected chi connectivity index (χ0v) is 15.4. The van der Waals surface area contributed by atoms with Crippen molar-refractivity contribution in [2.45, 2.75) is 77.7 Å². The predicted molar refractivity (Wildman–Crippen MR) is 94.3 cm³/mol. The van der Waals surface area contributed by atoms with Gasteiger partial charge in [0.15, 0.2) is 0 Å². The smallest absolute Gasteiger partial charge is 0.264 e. The van der Waals surface area contributed by atoms with Gasteiger partial charge in [0.2, 0.25) is 11.8 Å². The molecule has 0 rings (SSSR count). The van der Waals surface area contributed by atoms with Gasteiger partial charge in [-0.2, -0.15) is 8.42 Å². The van der Waals surface area contributed by atoms with Crippen molar-refractivity contribution >= 4 is 21.9 Å². The molecule has 0 aliphatic carbocycles. The first-order chi connectivity index (χ1) is 11.8. The van der Waals surface area contributed by atoms with E-state index in [-0.39, 0.29) is 24.8 Å². The van der Waals surface area contributed by atoms with Crippen molar-refractivity contribution in [3.8, 4) is 0 Å². The lowest BCUT2D eigenvalue weighted by molar-refractivity contribution is -0.128. The first kappa shape index (κ1) is 20.9. The number of amides is 2. The van der Waals surface area contributed by atoms with Crippen molar-refractivity contribution in [1.29, 1.82) is 0 Å². The molecular weight excluding hydrogens is 332 g/mol. The average Bonchev–Trinajstić information content (AvgIpc) is 2.52. The molecule has 0 aromatic rings. The maximum atomic E-state index is 11.8. The summed E-state index contributed by atoms with van der Waals surface area (Å²) >= 11 is 0. The summed E-state index contributed by atoms with van der Waals surface area (Å²) < 4.78 is 36.7. The standard InChI is InChI=1S/C16H32N2O5S/c1-3-4-5-6-7-8-9-11-15(19)18-14(2)16(20)17-12-10-13-24(21,22)23/h14H,3-13H2,1-2H3,(H,17,20)(H,18,19)(H,21,22,23)/t14-/m0/s1/i1D. The Morgan fingerprint density at radius 2 is 1.71 bits per heavy atom. The third-order valence-corrected chi connectivity index (χ3v) is 4.36. The van der Waals surface area contributed by atoms with E-state index in [0.29, 0.717) is 13.3 Å². The molecule has 8 heteroatoms. The summed E-state index contributed by atoms with van der Waals surface area (Å²) in [7, 11) is -4.01. The van der Waals surface area contributed by atoms with E-state index in [1.54, 1.807) is 6.92 Å². The van der Waals surface area contributed by atoms with Crippen LogP contribution in [0.2, 0.25) is 0 Å². The summed E-state index contributed by atoms with van der Waals surface area (Å²) in [5.74, 6) is -0.954. The Morgan fingerprint density at radius 1 is 1.08 bits per heavy atom. The molecule has 0 fully saturated rings. The van der Waals surface area contributed by atoms with Crippen LogP contribution in [0, 0.1) is 0 Å². The number of unbranched alkanes of at least 4 members (excludes halogenated alkanes) is 6. The van der Waals surface area contributed by atoms with E-state index >= 15 is 0 Å². The number of carbonyl (C=O) groups excluding carboxylic acids is 2. The van der Waals surface area contributed by atoms with Gasteiger partial charge in [0, 0.05) is 14.3 Å². The van der Waals surface area contributed by atoms with E-state index in [1.807, 2.05) is 0 Å². The predicted octanol–water partition coefficient (Wildman–Crippen LogP) is 2.03. The third kappa shape index (κ3) is 14.4. The van der Waals surface area contributed by atoms with E-state index in [0.717, 1.165) is 44.9 Å². The fourth-order valence-corrected chi connectivity index (χ4v) is 2.68. The molecule has 24 heavy (non-hydrogen) atoms. The van der Waals surface area contributed by atoms with Crippen LogP contribution >= 0.6 is 0 Å². The maximum Gasteiger partial charge on any atom is 0.264 e. The van der Waals surface area contributed by atoms with Gasteiger partial charge in [0.25, 0.3) is 10.1 Å². The minimum absolute atomic E-state index is 0.118. The molecule has 1 atom stereocenters. The van der Waals surface area contributed by atoms with Crippen LogP contribution in [0.15, 0.2) is 0 Å². The topological polar surface area (TPSA) is 113 Å². The number of carbonyl (C=O) groups is 2. The van der Waals surface area contributed by atoms with Crippen LogP contribution in [0.4, 0.5) is 0 Å². The van der Waals surface area contributed by atoms with Crippen molar-refractivity contribution in [3.05, 3.63) is 0 Å². The van der Waals surface area contributed by atoms with Crippen LogP contribution in [0.1, 0.15) is 73.0 Å². The average molecular weight is 366 g/mol. The molecule has 0 heterocycles. The van der Waals surface area contributed by atoms with Crippen LogP contribution in [-0.2, 0) is 19.7 Å². The summed E-state index contributed by atoms with van der Waals surface area (Å²) in [5, 5.41) is 5.13. The van der Waals surface area contributed by atoms with E-state index in [1.165, 1.54) is 0 Å². The number of rotatable bonds is 14. The Balaban J connectivity index is 3.67. The van der Waals surface area contributed by atoms with E-state index in [4.69, 9.17) is 5.92 Å². The van der Waals surface area contributed by atoms with Crippen LogP contribution in [-0.4, -0.2) is 43.1 Å². The van der Waals surface area contributed by atoms with Gasteiger partial charge in [-0.25, -0.2) is 0 Å². The quantitative estimate of drug-likeness (QED) is 0.322. The Hall–Kier alpha value is -1.15. The monoisotopic (exact) mass is 365 g/mol. The van der Waals surface area contributed by atoms with Gasteiger partial charge in [-0.15, -0.1) is 0 Å². The molecule has 0 spiro atoms. The normalized spacial score (nSPS) is 13.2. The zero-order valence-electron chi connectivity index (χ0n) is 15.6. The highest BCUT2D eigenvalue weighted by Crippen LogP contribution is 2.08. The fourth-order valence-electron chi connectivity index (χ4n) is 2.17. The molecule has 142 valence electrons. The maximum absolute atomic E-state index is 11.8. The third-order valence-electron chi connectivity index (χ3n) is 3.55. The highest BCUT2D eigenvalue weighted by molar-refractivity contribution is 7.85. The minimum Gasteiger partial charge on any atom is -0.354 e. The van der Waals surface area contributed by atoms with Crippen LogP contribution in [0.25, 0.3) is 0 Å². The molecule has 0 aliphatic heterocycles. The van der Waals surface area contributed by atoms with Crippen molar-refractivity contribution in [1.82, 2.24) is 10.6 Å². The summed E-state index contributed by atoms with van der Waals surface area (Å²) in [6.07, 6.45) is 7.66. The molecule has 0 bridgehead atoms. The highest BCUT2D eigenvalue weighted by atomic mass is 32.2. The Morgan fingerprint density at radius 3 is 2.33 bits per heavy atom. The first-order valence-corrected chi connectivity index (χ1v) is 10.2. The van der Waals surface area contributed by atoms with Gasteiger partial charge < -0.3 is 10.6 Å². The Bertz CT molecular complexity index is 485. The van der Waals surface area contributed by atoms with Crippen molar-refractivity contribution in [3.63, 3.8) is 0 Å². The lowest BCUT2D eigenvalue weighted by atomic mass is 10.1. The van der Waals surface area contributed by atoms with Gasteiger partial charge >= 0.3 is 0 Å². The van der Waals surface area contributed by atoms with Crippen molar-refractivity contribution in [2.75, 3.05) is 12.3 Å². The van der Waals surface area contributed by atoms with Gasteiger partial charge in [0.05, 0.1) is 5.75 Å². The Kier molecular flexibility index (Phi) is 11.5. The summed E-state index contributed by atoms with van der Waals surface area (Å²) in [6, 6.07) is -0.678. The van der Waals surface area contributed by atoms with E-state index in [2.05, 4.69) is 10.6 Å². The molecule has 2 amide bonds. The van der Waals surface area contributed by atoms with Crippen LogP contribution in [0.5, 0.6) is 0 Å². The molecule has 0 saturated carbocycles.